The van der Waals surface area contributed by atoms with Gasteiger partial charge in [0.2, 0.25) is 11.8 Å². The molecule has 0 saturated heterocycles. The fourth-order valence-corrected chi connectivity index (χ4v) is 5.06. The number of fused-ring (bicyclic) bond motifs is 1. The van der Waals surface area contributed by atoms with Crippen molar-refractivity contribution in [3.8, 4) is 0 Å². The van der Waals surface area contributed by atoms with Crippen molar-refractivity contribution in [2.45, 2.75) is 32.4 Å². The fourth-order valence-electron chi connectivity index (χ4n) is 4.16. The molecular weight excluding hydrogens is 430 g/mol. The first-order valence-corrected chi connectivity index (χ1v) is 11.4. The fraction of sp³-hybridized carbons (Fsp3) is 0.280. The minimum atomic E-state index is -0.708. The van der Waals surface area contributed by atoms with Crippen LogP contribution in [0.15, 0.2) is 60.0 Å². The molecular formula is C25H24F2N2O2S. The quantitative estimate of drug-likeness (QED) is 0.579. The normalized spacial score (nSPS) is 16.3. The van der Waals surface area contributed by atoms with Crippen LogP contribution in [0.2, 0.25) is 0 Å². The van der Waals surface area contributed by atoms with Crippen molar-refractivity contribution in [1.29, 1.82) is 0 Å². The molecule has 2 unspecified atom stereocenters. The van der Waals surface area contributed by atoms with Crippen molar-refractivity contribution in [1.82, 2.24) is 10.2 Å². The highest BCUT2D eigenvalue weighted by Gasteiger charge is 2.35. The van der Waals surface area contributed by atoms with Gasteiger partial charge in [-0.2, -0.15) is 0 Å². The third kappa shape index (κ3) is 4.58. The van der Waals surface area contributed by atoms with Crippen molar-refractivity contribution in [3.05, 3.63) is 93.2 Å². The van der Waals surface area contributed by atoms with Gasteiger partial charge in [0.05, 0.1) is 6.04 Å². The van der Waals surface area contributed by atoms with Crippen LogP contribution in [0.25, 0.3) is 0 Å². The number of hydrogen-bond acceptors (Lipinski definition) is 3. The van der Waals surface area contributed by atoms with Crippen LogP contribution in [-0.4, -0.2) is 23.3 Å². The number of halogens is 2. The molecule has 0 spiro atoms. The number of benzene rings is 2. The Labute approximate surface area is 189 Å². The molecule has 0 fully saturated rings. The zero-order valence-corrected chi connectivity index (χ0v) is 18.5. The van der Waals surface area contributed by atoms with Gasteiger partial charge in [0, 0.05) is 35.9 Å². The highest BCUT2D eigenvalue weighted by Crippen LogP contribution is 2.38. The van der Waals surface area contributed by atoms with Gasteiger partial charge in [0.25, 0.3) is 0 Å². The van der Waals surface area contributed by atoms with Gasteiger partial charge in [-0.15, -0.1) is 11.3 Å². The molecule has 0 aliphatic carbocycles. The topological polar surface area (TPSA) is 49.4 Å². The Hall–Kier alpha value is -3.06. The Morgan fingerprint density at radius 2 is 1.81 bits per heavy atom. The van der Waals surface area contributed by atoms with Crippen LogP contribution >= 0.6 is 11.3 Å². The molecule has 2 atom stereocenters. The molecule has 4 nitrogen and oxygen atoms in total. The largest absolute Gasteiger partial charge is 0.352 e. The molecule has 166 valence electrons. The van der Waals surface area contributed by atoms with Crippen LogP contribution in [0, 0.1) is 17.6 Å². The Morgan fingerprint density at radius 1 is 1.09 bits per heavy atom. The molecule has 1 aliphatic heterocycles. The first-order valence-electron chi connectivity index (χ1n) is 10.6. The molecule has 1 aliphatic rings. The van der Waals surface area contributed by atoms with Crippen LogP contribution in [0.4, 0.5) is 8.78 Å². The van der Waals surface area contributed by atoms with Gasteiger partial charge in [0.1, 0.15) is 11.6 Å². The predicted molar refractivity (Wildman–Crippen MR) is 120 cm³/mol. The third-order valence-electron chi connectivity index (χ3n) is 5.80. The van der Waals surface area contributed by atoms with Gasteiger partial charge >= 0.3 is 0 Å². The maximum absolute atomic E-state index is 13.8. The van der Waals surface area contributed by atoms with E-state index < -0.39 is 23.5 Å². The van der Waals surface area contributed by atoms with E-state index in [1.165, 1.54) is 10.9 Å². The second-order valence-corrected chi connectivity index (χ2v) is 8.98. The zero-order valence-electron chi connectivity index (χ0n) is 17.7. The van der Waals surface area contributed by atoms with E-state index in [0.717, 1.165) is 29.7 Å². The first-order chi connectivity index (χ1) is 15.5. The number of carbonyl (C=O) groups is 2. The monoisotopic (exact) mass is 454 g/mol. The van der Waals surface area contributed by atoms with Crippen LogP contribution < -0.4 is 5.32 Å². The van der Waals surface area contributed by atoms with Crippen LogP contribution in [0.1, 0.15) is 41.0 Å². The molecule has 0 bridgehead atoms. The van der Waals surface area contributed by atoms with Crippen molar-refractivity contribution >= 4 is 23.2 Å². The third-order valence-corrected chi connectivity index (χ3v) is 6.80. The summed E-state index contributed by atoms with van der Waals surface area (Å²) in [5.41, 5.74) is 1.98. The van der Waals surface area contributed by atoms with Crippen LogP contribution in [0.3, 0.4) is 0 Å². The highest BCUT2D eigenvalue weighted by molar-refractivity contribution is 7.10. The second kappa shape index (κ2) is 9.61. The summed E-state index contributed by atoms with van der Waals surface area (Å²) in [5.74, 6) is -2.51. The Bertz CT molecular complexity index is 1100. The van der Waals surface area contributed by atoms with Crippen molar-refractivity contribution in [2.75, 3.05) is 6.54 Å². The second-order valence-electron chi connectivity index (χ2n) is 7.98. The lowest BCUT2D eigenvalue weighted by atomic mass is 9.91. The van der Waals surface area contributed by atoms with Gasteiger partial charge in [-0.25, -0.2) is 8.78 Å². The summed E-state index contributed by atoms with van der Waals surface area (Å²) in [4.78, 5) is 28.9. The predicted octanol–water partition coefficient (Wildman–Crippen LogP) is 4.84. The molecule has 32 heavy (non-hydrogen) atoms. The summed E-state index contributed by atoms with van der Waals surface area (Å²) in [6.45, 7) is 2.04. The van der Waals surface area contributed by atoms with Gasteiger partial charge in [-0.3, -0.25) is 9.59 Å². The van der Waals surface area contributed by atoms with E-state index >= 15 is 0 Å². The Balaban J connectivity index is 1.45. The molecule has 7 heteroatoms. The lowest BCUT2D eigenvalue weighted by molar-refractivity contribution is -0.139. The van der Waals surface area contributed by atoms with Gasteiger partial charge in [0.15, 0.2) is 0 Å². The molecule has 1 aromatic heterocycles. The molecule has 1 N–H and O–H groups in total. The summed E-state index contributed by atoms with van der Waals surface area (Å²) in [6.07, 6.45) is 0.733. The van der Waals surface area contributed by atoms with E-state index in [1.54, 1.807) is 18.3 Å². The standard InChI is InChI=1S/C25H24F2N2O2S/c1-16(14-23(30)28-15-19-20(26)8-5-9-21(19)27)25(31)29-12-10-22-18(11-13-32-22)24(29)17-6-3-2-4-7-17/h2-9,11,13,16,24H,10,12,14-15H2,1H3,(H,28,30). The highest BCUT2D eigenvalue weighted by atomic mass is 32.1. The van der Waals surface area contributed by atoms with Crippen molar-refractivity contribution in [3.63, 3.8) is 0 Å². The van der Waals surface area contributed by atoms with E-state index in [0.29, 0.717) is 6.54 Å². The molecule has 4 rings (SSSR count). The molecule has 2 amide bonds. The lowest BCUT2D eigenvalue weighted by Gasteiger charge is -2.37. The number of rotatable bonds is 6. The Morgan fingerprint density at radius 3 is 2.53 bits per heavy atom. The average molecular weight is 455 g/mol. The van der Waals surface area contributed by atoms with E-state index in [9.17, 15) is 18.4 Å². The van der Waals surface area contributed by atoms with Gasteiger partial charge < -0.3 is 10.2 Å². The van der Waals surface area contributed by atoms with Crippen molar-refractivity contribution in [2.24, 2.45) is 5.92 Å². The van der Waals surface area contributed by atoms with Crippen LogP contribution in [0.5, 0.6) is 0 Å². The van der Waals surface area contributed by atoms with E-state index in [2.05, 4.69) is 11.4 Å². The summed E-state index contributed by atoms with van der Waals surface area (Å²) in [5, 5.41) is 4.58. The van der Waals surface area contributed by atoms with E-state index in [4.69, 9.17) is 0 Å². The molecule has 3 aromatic rings. The zero-order chi connectivity index (χ0) is 22.7. The maximum atomic E-state index is 13.8. The van der Waals surface area contributed by atoms with Gasteiger partial charge in [-0.1, -0.05) is 43.3 Å². The number of nitrogens with one attached hydrogen (secondary N) is 1. The number of amides is 2. The van der Waals surface area contributed by atoms with Crippen molar-refractivity contribution < 1.29 is 18.4 Å². The summed E-state index contributed by atoms with van der Waals surface area (Å²) in [6, 6.07) is 15.3. The summed E-state index contributed by atoms with van der Waals surface area (Å²) < 4.78 is 27.6. The van der Waals surface area contributed by atoms with E-state index in [1.807, 2.05) is 40.6 Å². The maximum Gasteiger partial charge on any atom is 0.226 e. The van der Waals surface area contributed by atoms with Gasteiger partial charge in [-0.05, 0) is 41.1 Å². The summed E-state index contributed by atoms with van der Waals surface area (Å²) >= 11 is 1.70. The minimum Gasteiger partial charge on any atom is -0.352 e. The Kier molecular flexibility index (Phi) is 6.65. The lowest BCUT2D eigenvalue weighted by Crippen LogP contribution is -2.43. The average Bonchev–Trinajstić information content (AvgIpc) is 3.27. The number of hydrogen-bond donors (Lipinski definition) is 1. The number of thiophene rings is 1. The molecule has 2 aromatic carbocycles. The number of carbonyl (C=O) groups excluding carboxylic acids is 2. The van der Waals surface area contributed by atoms with E-state index in [-0.39, 0.29) is 30.5 Å². The van der Waals surface area contributed by atoms with Crippen LogP contribution in [-0.2, 0) is 22.6 Å². The summed E-state index contributed by atoms with van der Waals surface area (Å²) in [7, 11) is 0. The minimum absolute atomic E-state index is 0.0522. The smallest absolute Gasteiger partial charge is 0.226 e. The number of nitrogens with zero attached hydrogens (tertiary/aromatic N) is 1. The molecule has 2 heterocycles. The molecule has 0 radical (unpaired) electrons. The molecule has 0 saturated carbocycles. The SMILES string of the molecule is CC(CC(=O)NCc1c(F)cccc1F)C(=O)N1CCc2sccc2C1c1ccccc1. The first kappa shape index (κ1) is 22.1.